The van der Waals surface area contributed by atoms with E-state index in [0.717, 1.165) is 0 Å². The Morgan fingerprint density at radius 1 is 0.720 bits per heavy atom. The van der Waals surface area contributed by atoms with Crippen LogP contribution >= 0.6 is 40.0 Å². The molecule has 0 radical (unpaired) electrons. The zero-order chi connectivity index (χ0) is 19.0. The molecule has 0 bridgehead atoms. The number of rotatable bonds is 8. The van der Waals surface area contributed by atoms with Gasteiger partial charge in [-0.1, -0.05) is 0 Å². The van der Waals surface area contributed by atoms with Crippen LogP contribution in [0.4, 0.5) is 9.59 Å². The molecule has 0 aromatic carbocycles. The Bertz CT molecular complexity index is 382. The topological polar surface area (TPSA) is 84.0 Å². The Labute approximate surface area is 176 Å². The maximum atomic E-state index is 12.6. The van der Waals surface area contributed by atoms with Crippen LogP contribution in [0.15, 0.2) is 0 Å². The normalized spacial score (nSPS) is 22.3. The number of carbonyl (C=O) groups is 2. The first kappa shape index (κ1) is 23.5. The quantitative estimate of drug-likeness (QED) is 0.380. The fourth-order valence-corrected chi connectivity index (χ4v) is 2.85. The van der Waals surface area contributed by atoms with Crippen molar-refractivity contribution in [3.63, 3.8) is 0 Å². The Hall–Kier alpha value is 0.424. The van der Waals surface area contributed by atoms with E-state index < -0.39 is 12.3 Å². The summed E-state index contributed by atoms with van der Waals surface area (Å²) in [4.78, 5) is 31.0. The van der Waals surface area contributed by atoms with Crippen LogP contribution in [0.2, 0.25) is 0 Å². The first-order valence-electron chi connectivity index (χ1n) is 7.06. The monoisotopic (exact) mass is 623 g/mol. The van der Waals surface area contributed by atoms with E-state index in [-0.39, 0.29) is 39.0 Å². The number of nitrogens with zero attached hydrogens (tertiary/aromatic N) is 4. The van der Waals surface area contributed by atoms with Crippen molar-refractivity contribution in [2.75, 3.05) is 55.4 Å². The minimum atomic E-state index is -0.523. The summed E-state index contributed by atoms with van der Waals surface area (Å²) in [5.74, 6) is 0. The molecule has 0 aliphatic carbocycles. The summed E-state index contributed by atoms with van der Waals surface area (Å²) in [6.45, 7) is 0.256. The second-order valence-electron chi connectivity index (χ2n) is 5.01. The van der Waals surface area contributed by atoms with Crippen LogP contribution in [-0.4, -0.2) is 99.4 Å². The average Bonchev–Trinajstić information content (AvgIpc) is 2.98. The van der Waals surface area contributed by atoms with Gasteiger partial charge in [0.05, 0.1) is 0 Å². The van der Waals surface area contributed by atoms with Crippen LogP contribution in [0.5, 0.6) is 0 Å². The summed E-state index contributed by atoms with van der Waals surface area (Å²) in [6.07, 6.45) is -1.05. The van der Waals surface area contributed by atoms with Gasteiger partial charge in [0, 0.05) is 28.4 Å². The standard InChI is InChI=1S/C12H22N4O6.2HI.V/c1-19-5-13-9-10(15(7-21-3)11(13)17)16(8-22-4)12(18)14(9)6-20-2;;;/h9-10H,5-8H2,1-4H3;2*1H;/q;;;+2/p-2. The second-order valence-corrected chi connectivity index (χ2v) is 16.8. The van der Waals surface area contributed by atoms with Crippen LogP contribution < -0.4 is 0 Å². The fourth-order valence-electron chi connectivity index (χ4n) is 2.85. The van der Waals surface area contributed by atoms with Gasteiger partial charge in [-0.05, 0) is 0 Å². The molecular weight excluding hydrogens is 601 g/mol. The SMILES string of the molecule is COCN1C(=O)N(COC)C2C1N(COC)C(=O)N2COC.[I][V][I]. The van der Waals surface area contributed by atoms with Crippen molar-refractivity contribution in [2.45, 2.75) is 12.3 Å². The maximum absolute atomic E-state index is 12.6. The molecule has 10 nitrogen and oxygen atoms in total. The molecule has 4 amide bonds. The van der Waals surface area contributed by atoms with Crippen molar-refractivity contribution in [2.24, 2.45) is 0 Å². The van der Waals surface area contributed by atoms with Gasteiger partial charge in [0.1, 0.15) is 26.9 Å². The van der Waals surface area contributed by atoms with Gasteiger partial charge in [-0.15, -0.1) is 0 Å². The van der Waals surface area contributed by atoms with Gasteiger partial charge in [-0.25, -0.2) is 9.59 Å². The summed E-state index contributed by atoms with van der Waals surface area (Å²) >= 11 is 4.74. The number of methoxy groups -OCH3 is 4. The summed E-state index contributed by atoms with van der Waals surface area (Å²) < 4.78 is 20.4. The summed E-state index contributed by atoms with van der Waals surface area (Å²) in [7, 11) is 6.59. The summed E-state index contributed by atoms with van der Waals surface area (Å²) in [5, 5.41) is 0. The number of carbonyl (C=O) groups excluding carboxylic acids is 2. The van der Waals surface area contributed by atoms with Gasteiger partial charge >= 0.3 is 61.5 Å². The Morgan fingerprint density at radius 2 is 0.920 bits per heavy atom. The molecule has 0 N–H and O–H groups in total. The summed E-state index contributed by atoms with van der Waals surface area (Å²) in [5.41, 5.74) is 0. The molecule has 2 heterocycles. The predicted octanol–water partition coefficient (Wildman–Crippen LogP) is 1.30. The molecule has 0 atom stereocenters. The van der Waals surface area contributed by atoms with Crippen LogP contribution in [-0.2, 0) is 28.4 Å². The van der Waals surface area contributed by atoms with E-state index in [1.165, 1.54) is 48.0 Å². The van der Waals surface area contributed by atoms with Crippen molar-refractivity contribution in [3.8, 4) is 0 Å². The number of hydrogen-bond acceptors (Lipinski definition) is 6. The second kappa shape index (κ2) is 12.0. The first-order chi connectivity index (χ1) is 12.0. The van der Waals surface area contributed by atoms with Crippen molar-refractivity contribution < 1.29 is 38.0 Å². The molecule has 2 fully saturated rings. The van der Waals surface area contributed by atoms with E-state index in [0.29, 0.717) is 9.47 Å². The van der Waals surface area contributed by atoms with Crippen molar-refractivity contribution >= 4 is 52.0 Å². The zero-order valence-corrected chi connectivity index (χ0v) is 20.1. The van der Waals surface area contributed by atoms with E-state index >= 15 is 0 Å². The molecule has 2 saturated heterocycles. The van der Waals surface area contributed by atoms with Crippen LogP contribution in [0.25, 0.3) is 0 Å². The fraction of sp³-hybridized carbons (Fsp3) is 0.833. The van der Waals surface area contributed by atoms with Gasteiger partial charge in [0.25, 0.3) is 0 Å². The number of urea groups is 2. The molecule has 0 unspecified atom stereocenters. The van der Waals surface area contributed by atoms with Gasteiger partial charge in [0.2, 0.25) is 0 Å². The molecule has 0 aromatic rings. The van der Waals surface area contributed by atoms with Crippen LogP contribution in [0.1, 0.15) is 0 Å². The molecule has 13 heteroatoms. The molecule has 2 rings (SSSR count). The van der Waals surface area contributed by atoms with Crippen LogP contribution in [0, 0.1) is 0 Å². The van der Waals surface area contributed by atoms with Gasteiger partial charge < -0.3 is 18.9 Å². The number of amides is 4. The zero-order valence-electron chi connectivity index (χ0n) is 14.4. The number of fused-ring (bicyclic) bond motifs is 1. The number of ether oxygens (including phenoxy) is 4. The van der Waals surface area contributed by atoms with E-state index in [2.05, 4.69) is 40.0 Å². The predicted molar refractivity (Wildman–Crippen MR) is 101 cm³/mol. The van der Waals surface area contributed by atoms with Crippen LogP contribution in [0.3, 0.4) is 0 Å². The van der Waals surface area contributed by atoms with E-state index in [9.17, 15) is 9.59 Å². The van der Waals surface area contributed by atoms with Crippen molar-refractivity contribution in [3.05, 3.63) is 0 Å². The van der Waals surface area contributed by atoms with E-state index in [4.69, 9.17) is 18.9 Å². The Kier molecular flexibility index (Phi) is 11.3. The molecular formula is C12H22I2N4O6V. The van der Waals surface area contributed by atoms with Gasteiger partial charge in [0.15, 0.2) is 12.3 Å². The minimum absolute atomic E-state index is 0.0640. The third kappa shape index (κ3) is 5.24. The van der Waals surface area contributed by atoms with Crippen molar-refractivity contribution in [1.82, 2.24) is 19.6 Å². The molecule has 0 saturated carbocycles. The van der Waals surface area contributed by atoms with Crippen molar-refractivity contribution in [1.29, 1.82) is 0 Å². The van der Waals surface area contributed by atoms with Gasteiger partial charge in [-0.2, -0.15) is 0 Å². The third-order valence-corrected chi connectivity index (χ3v) is 3.60. The molecule has 2 aliphatic heterocycles. The van der Waals surface area contributed by atoms with E-state index in [1.807, 2.05) is 0 Å². The summed E-state index contributed by atoms with van der Waals surface area (Å²) in [6, 6.07) is -0.540. The Balaban J connectivity index is 0.000000970. The number of halogens is 2. The first-order valence-corrected chi connectivity index (χ1v) is 16.1. The van der Waals surface area contributed by atoms with E-state index in [1.54, 1.807) is 0 Å². The average molecular weight is 623 g/mol. The molecule has 2 aliphatic rings. The molecule has 25 heavy (non-hydrogen) atoms. The number of hydrogen-bond donors (Lipinski definition) is 0. The van der Waals surface area contributed by atoms with Gasteiger partial charge in [-0.3, -0.25) is 19.6 Å². The molecule has 145 valence electrons. The molecule has 0 spiro atoms. The molecule has 0 aromatic heterocycles. The third-order valence-electron chi connectivity index (χ3n) is 3.60. The Morgan fingerprint density at radius 3 is 1.08 bits per heavy atom.